The molecule has 0 radical (unpaired) electrons. The first-order valence-corrected chi connectivity index (χ1v) is 5.77. The fraction of sp³-hybridized carbons (Fsp3) is 0.909. The Kier molecular flexibility index (Phi) is 5.47. The molecular weight excluding hydrogens is 194 g/mol. The second kappa shape index (κ2) is 6.67. The lowest BCUT2D eigenvalue weighted by Crippen LogP contribution is -2.30. The van der Waals surface area contributed by atoms with Crippen LogP contribution in [0, 0.1) is 11.8 Å². The molecule has 1 rings (SSSR count). The van der Waals surface area contributed by atoms with Gasteiger partial charge < -0.3 is 15.2 Å². The third-order valence-corrected chi connectivity index (χ3v) is 3.05. The van der Waals surface area contributed by atoms with Crippen LogP contribution in [-0.2, 0) is 9.47 Å². The highest BCUT2D eigenvalue weighted by Crippen LogP contribution is 2.29. The quantitative estimate of drug-likeness (QED) is 0.728. The lowest BCUT2D eigenvalue weighted by atomic mass is 9.80. The third kappa shape index (κ3) is 4.08. The minimum atomic E-state index is -0.557. The topological polar surface area (TPSA) is 61.5 Å². The Labute approximate surface area is 91.1 Å². The summed E-state index contributed by atoms with van der Waals surface area (Å²) in [5, 5.41) is 0. The number of hydrogen-bond donors (Lipinski definition) is 1. The monoisotopic (exact) mass is 215 g/mol. The van der Waals surface area contributed by atoms with Crippen molar-refractivity contribution in [1.29, 1.82) is 0 Å². The number of nitrogens with two attached hydrogens (primary N) is 1. The van der Waals surface area contributed by atoms with E-state index in [-0.39, 0.29) is 0 Å². The van der Waals surface area contributed by atoms with E-state index >= 15 is 0 Å². The average Bonchev–Trinajstić information content (AvgIpc) is 2.27. The molecule has 0 amide bonds. The van der Waals surface area contributed by atoms with Crippen molar-refractivity contribution in [3.05, 3.63) is 0 Å². The summed E-state index contributed by atoms with van der Waals surface area (Å²) in [6.07, 6.45) is 4.18. The average molecular weight is 215 g/mol. The predicted octanol–water partition coefficient (Wildman–Crippen LogP) is 1.92. The van der Waals surface area contributed by atoms with Crippen molar-refractivity contribution in [2.75, 3.05) is 19.8 Å². The molecule has 1 aliphatic carbocycles. The second-order valence-corrected chi connectivity index (χ2v) is 4.03. The molecule has 0 heterocycles. The van der Waals surface area contributed by atoms with Crippen molar-refractivity contribution in [2.24, 2.45) is 17.6 Å². The van der Waals surface area contributed by atoms with Crippen LogP contribution in [-0.4, -0.2) is 25.9 Å². The zero-order chi connectivity index (χ0) is 11.1. The number of hydrogen-bond acceptors (Lipinski definition) is 4. The molecule has 1 aliphatic rings. The maximum Gasteiger partial charge on any atom is 0.508 e. The van der Waals surface area contributed by atoms with Crippen LogP contribution >= 0.6 is 0 Å². The summed E-state index contributed by atoms with van der Waals surface area (Å²) < 4.78 is 9.75. The molecule has 2 N–H and O–H groups in total. The van der Waals surface area contributed by atoms with Crippen molar-refractivity contribution in [3.63, 3.8) is 0 Å². The van der Waals surface area contributed by atoms with Crippen LogP contribution in [0.3, 0.4) is 0 Å². The molecule has 2 atom stereocenters. The van der Waals surface area contributed by atoms with E-state index in [1.54, 1.807) is 6.92 Å². The normalized spacial score (nSPS) is 26.0. The van der Waals surface area contributed by atoms with Gasteiger partial charge in [-0.25, -0.2) is 4.79 Å². The Morgan fingerprint density at radius 2 is 1.93 bits per heavy atom. The van der Waals surface area contributed by atoms with Gasteiger partial charge in [0.15, 0.2) is 0 Å². The Balaban J connectivity index is 2.26. The SMILES string of the molecule is CCOC(=O)OCC1CCCCC1CN. The Hall–Kier alpha value is -0.770. The number of carbonyl (C=O) groups is 1. The molecule has 1 fully saturated rings. The smallest absolute Gasteiger partial charge is 0.435 e. The van der Waals surface area contributed by atoms with E-state index in [2.05, 4.69) is 0 Å². The molecule has 4 heteroatoms. The summed E-state index contributed by atoms with van der Waals surface area (Å²) in [5.74, 6) is 0.932. The van der Waals surface area contributed by atoms with Crippen LogP contribution in [0.5, 0.6) is 0 Å². The van der Waals surface area contributed by atoms with Crippen molar-refractivity contribution >= 4 is 6.16 Å². The summed E-state index contributed by atoms with van der Waals surface area (Å²) in [6, 6.07) is 0. The first-order valence-electron chi connectivity index (χ1n) is 5.77. The van der Waals surface area contributed by atoms with E-state index < -0.39 is 6.16 Å². The summed E-state index contributed by atoms with van der Waals surface area (Å²) in [5.41, 5.74) is 5.69. The van der Waals surface area contributed by atoms with Crippen LogP contribution in [0.4, 0.5) is 4.79 Å². The lowest BCUT2D eigenvalue weighted by Gasteiger charge is -2.29. The van der Waals surface area contributed by atoms with Crippen LogP contribution < -0.4 is 5.73 Å². The zero-order valence-corrected chi connectivity index (χ0v) is 9.41. The van der Waals surface area contributed by atoms with Gasteiger partial charge in [0.25, 0.3) is 0 Å². The highest BCUT2D eigenvalue weighted by atomic mass is 16.7. The standard InChI is InChI=1S/C11H21NO3/c1-2-14-11(13)15-8-10-6-4-3-5-9(10)7-12/h9-10H,2-8,12H2,1H3. The first-order chi connectivity index (χ1) is 7.27. The van der Waals surface area contributed by atoms with Crippen LogP contribution in [0.15, 0.2) is 0 Å². The van der Waals surface area contributed by atoms with E-state index in [1.165, 1.54) is 12.8 Å². The number of ether oxygens (including phenoxy) is 2. The van der Waals surface area contributed by atoms with Crippen LogP contribution in [0.1, 0.15) is 32.6 Å². The van der Waals surface area contributed by atoms with Gasteiger partial charge in [0, 0.05) is 0 Å². The minimum absolute atomic E-state index is 0.365. The molecule has 0 aliphatic heterocycles. The van der Waals surface area contributed by atoms with Gasteiger partial charge in [0.05, 0.1) is 13.2 Å². The van der Waals surface area contributed by atoms with Crippen molar-refractivity contribution in [1.82, 2.24) is 0 Å². The molecule has 4 nitrogen and oxygen atoms in total. The molecular formula is C11H21NO3. The van der Waals surface area contributed by atoms with E-state index in [0.717, 1.165) is 12.8 Å². The molecule has 15 heavy (non-hydrogen) atoms. The maximum absolute atomic E-state index is 11.0. The number of rotatable bonds is 4. The Morgan fingerprint density at radius 3 is 2.53 bits per heavy atom. The van der Waals surface area contributed by atoms with E-state index in [1.807, 2.05) is 0 Å². The Bertz CT molecular complexity index is 196. The molecule has 0 saturated heterocycles. The largest absolute Gasteiger partial charge is 0.508 e. The molecule has 0 spiro atoms. The van der Waals surface area contributed by atoms with Crippen molar-refractivity contribution < 1.29 is 14.3 Å². The summed E-state index contributed by atoms with van der Waals surface area (Å²) in [4.78, 5) is 11.0. The van der Waals surface area contributed by atoms with Gasteiger partial charge in [-0.1, -0.05) is 12.8 Å². The molecule has 0 aromatic carbocycles. The molecule has 88 valence electrons. The Morgan fingerprint density at radius 1 is 1.27 bits per heavy atom. The summed E-state index contributed by atoms with van der Waals surface area (Å²) >= 11 is 0. The third-order valence-electron chi connectivity index (χ3n) is 3.05. The number of carbonyl (C=O) groups excluding carboxylic acids is 1. The van der Waals surface area contributed by atoms with Gasteiger partial charge in [-0.05, 0) is 38.1 Å². The van der Waals surface area contributed by atoms with Crippen molar-refractivity contribution in [3.8, 4) is 0 Å². The van der Waals surface area contributed by atoms with E-state index in [0.29, 0.717) is 31.6 Å². The van der Waals surface area contributed by atoms with Gasteiger partial charge in [-0.15, -0.1) is 0 Å². The lowest BCUT2D eigenvalue weighted by molar-refractivity contribution is 0.0334. The van der Waals surface area contributed by atoms with Gasteiger partial charge in [-0.2, -0.15) is 0 Å². The molecule has 0 bridgehead atoms. The molecule has 0 aromatic rings. The molecule has 1 saturated carbocycles. The fourth-order valence-electron chi connectivity index (χ4n) is 2.15. The predicted molar refractivity (Wildman–Crippen MR) is 57.5 cm³/mol. The van der Waals surface area contributed by atoms with Crippen LogP contribution in [0.25, 0.3) is 0 Å². The summed E-state index contributed by atoms with van der Waals surface area (Å²) in [7, 11) is 0. The van der Waals surface area contributed by atoms with Gasteiger partial charge in [-0.3, -0.25) is 0 Å². The van der Waals surface area contributed by atoms with E-state index in [9.17, 15) is 4.79 Å². The van der Waals surface area contributed by atoms with Gasteiger partial charge in [0.2, 0.25) is 0 Å². The highest BCUT2D eigenvalue weighted by Gasteiger charge is 2.25. The van der Waals surface area contributed by atoms with Gasteiger partial charge >= 0.3 is 6.16 Å². The fourth-order valence-corrected chi connectivity index (χ4v) is 2.15. The van der Waals surface area contributed by atoms with Crippen LogP contribution in [0.2, 0.25) is 0 Å². The molecule has 0 aromatic heterocycles. The summed E-state index contributed by atoms with van der Waals surface area (Å²) in [6.45, 7) is 3.28. The van der Waals surface area contributed by atoms with E-state index in [4.69, 9.17) is 15.2 Å². The minimum Gasteiger partial charge on any atom is -0.435 e. The zero-order valence-electron chi connectivity index (χ0n) is 9.41. The van der Waals surface area contributed by atoms with Gasteiger partial charge in [0.1, 0.15) is 0 Å². The first kappa shape index (κ1) is 12.3. The second-order valence-electron chi connectivity index (χ2n) is 4.03. The maximum atomic E-state index is 11.0. The highest BCUT2D eigenvalue weighted by molar-refractivity contribution is 5.59. The molecule has 2 unspecified atom stereocenters. The van der Waals surface area contributed by atoms with Crippen molar-refractivity contribution in [2.45, 2.75) is 32.6 Å².